The van der Waals surface area contributed by atoms with Gasteiger partial charge in [0.15, 0.2) is 11.6 Å². The van der Waals surface area contributed by atoms with Crippen molar-refractivity contribution in [2.45, 2.75) is 38.6 Å². The van der Waals surface area contributed by atoms with Crippen LogP contribution in [0.25, 0.3) is 0 Å². The third kappa shape index (κ3) is 2.57. The van der Waals surface area contributed by atoms with Crippen LogP contribution in [-0.4, -0.2) is 15.9 Å². The number of nitrogens with one attached hydrogen (secondary N) is 1. The van der Waals surface area contributed by atoms with E-state index in [0.29, 0.717) is 29.8 Å². The molecule has 1 amide bonds. The first-order valence-corrected chi connectivity index (χ1v) is 6.88. The molecule has 5 heteroatoms. The molecule has 3 rings (SSSR count). The van der Waals surface area contributed by atoms with E-state index < -0.39 is 0 Å². The lowest BCUT2D eigenvalue weighted by Crippen LogP contribution is -2.24. The third-order valence-corrected chi connectivity index (χ3v) is 3.69. The Labute approximate surface area is 117 Å². The summed E-state index contributed by atoms with van der Waals surface area (Å²) in [6, 6.07) is 3.74. The highest BCUT2D eigenvalue weighted by Crippen LogP contribution is 2.36. The van der Waals surface area contributed by atoms with Crippen molar-refractivity contribution in [1.29, 1.82) is 0 Å². The van der Waals surface area contributed by atoms with Crippen LogP contribution in [0.3, 0.4) is 0 Å². The van der Waals surface area contributed by atoms with E-state index in [4.69, 9.17) is 4.42 Å². The number of carbonyl (C=O) groups is 1. The largest absolute Gasteiger partial charge is 0.445 e. The first-order valence-electron chi connectivity index (χ1n) is 6.88. The lowest BCUT2D eigenvalue weighted by molar-refractivity contribution is 0.0945. The van der Waals surface area contributed by atoms with Crippen LogP contribution in [0.4, 0.5) is 0 Å². The van der Waals surface area contributed by atoms with E-state index in [1.165, 1.54) is 6.42 Å². The molecule has 1 fully saturated rings. The van der Waals surface area contributed by atoms with Crippen LogP contribution >= 0.6 is 0 Å². The maximum Gasteiger partial charge on any atom is 0.273 e. The number of pyridine rings is 1. The average molecular weight is 271 g/mol. The molecule has 0 radical (unpaired) electrons. The van der Waals surface area contributed by atoms with E-state index in [9.17, 15) is 4.79 Å². The monoisotopic (exact) mass is 271 g/mol. The quantitative estimate of drug-likeness (QED) is 0.928. The summed E-state index contributed by atoms with van der Waals surface area (Å²) in [6.07, 6.45) is 6.85. The molecule has 0 bridgehead atoms. The number of carbonyl (C=O) groups excluding carboxylic acids is 1. The Kier molecular flexibility index (Phi) is 3.50. The van der Waals surface area contributed by atoms with Gasteiger partial charge >= 0.3 is 0 Å². The van der Waals surface area contributed by atoms with Crippen molar-refractivity contribution in [3.05, 3.63) is 47.4 Å². The first-order chi connectivity index (χ1) is 9.74. The molecule has 1 N–H and O–H groups in total. The number of nitrogens with zero attached hydrogens (tertiary/aromatic N) is 2. The van der Waals surface area contributed by atoms with Gasteiger partial charge in [0.05, 0.1) is 0 Å². The van der Waals surface area contributed by atoms with Gasteiger partial charge in [-0.05, 0) is 37.5 Å². The van der Waals surface area contributed by atoms with Crippen molar-refractivity contribution in [1.82, 2.24) is 15.3 Å². The molecule has 2 aromatic rings. The summed E-state index contributed by atoms with van der Waals surface area (Å²) >= 11 is 0. The van der Waals surface area contributed by atoms with E-state index in [1.807, 2.05) is 12.1 Å². The van der Waals surface area contributed by atoms with Crippen molar-refractivity contribution in [3.8, 4) is 0 Å². The number of aryl methyl sites for hydroxylation is 1. The Morgan fingerprint density at radius 3 is 2.80 bits per heavy atom. The summed E-state index contributed by atoms with van der Waals surface area (Å²) in [5, 5.41) is 2.86. The summed E-state index contributed by atoms with van der Waals surface area (Å²) < 4.78 is 5.61. The fourth-order valence-corrected chi connectivity index (χ4v) is 2.22. The van der Waals surface area contributed by atoms with Gasteiger partial charge in [0.2, 0.25) is 0 Å². The minimum Gasteiger partial charge on any atom is -0.445 e. The van der Waals surface area contributed by atoms with Crippen LogP contribution < -0.4 is 5.32 Å². The molecule has 0 unspecified atom stereocenters. The molecule has 20 heavy (non-hydrogen) atoms. The smallest absolute Gasteiger partial charge is 0.273 e. The van der Waals surface area contributed by atoms with Crippen molar-refractivity contribution in [3.63, 3.8) is 0 Å². The standard InChI is InChI=1S/C15H17N3O2/c1-10-13(18-15(20-10)12-3-2-4-12)14(19)17-9-11-5-7-16-8-6-11/h5-8,12H,2-4,9H2,1H3,(H,17,19). The van der Waals surface area contributed by atoms with Gasteiger partial charge in [0.25, 0.3) is 5.91 Å². The van der Waals surface area contributed by atoms with Crippen LogP contribution in [0.2, 0.25) is 0 Å². The Hall–Kier alpha value is -2.17. The molecule has 0 saturated heterocycles. The zero-order valence-electron chi connectivity index (χ0n) is 11.4. The first kappa shape index (κ1) is 12.8. The second-order valence-corrected chi connectivity index (χ2v) is 5.12. The Bertz CT molecular complexity index is 603. The zero-order valence-corrected chi connectivity index (χ0v) is 11.4. The topological polar surface area (TPSA) is 68.0 Å². The van der Waals surface area contributed by atoms with Gasteiger partial charge in [-0.1, -0.05) is 6.42 Å². The fraction of sp³-hybridized carbons (Fsp3) is 0.400. The molecule has 1 saturated carbocycles. The maximum atomic E-state index is 12.1. The predicted molar refractivity (Wildman–Crippen MR) is 73.2 cm³/mol. The van der Waals surface area contributed by atoms with Gasteiger partial charge in [0.1, 0.15) is 5.76 Å². The van der Waals surface area contributed by atoms with Gasteiger partial charge in [-0.2, -0.15) is 0 Å². The minimum absolute atomic E-state index is 0.186. The summed E-state index contributed by atoms with van der Waals surface area (Å²) in [6.45, 7) is 2.25. The van der Waals surface area contributed by atoms with Crippen LogP contribution in [0.15, 0.2) is 28.9 Å². The zero-order chi connectivity index (χ0) is 13.9. The SMILES string of the molecule is Cc1oc(C2CCC2)nc1C(=O)NCc1ccncc1. The fourth-order valence-electron chi connectivity index (χ4n) is 2.22. The number of hydrogen-bond acceptors (Lipinski definition) is 4. The van der Waals surface area contributed by atoms with E-state index in [1.54, 1.807) is 19.3 Å². The molecule has 0 atom stereocenters. The number of aromatic nitrogens is 2. The van der Waals surface area contributed by atoms with Gasteiger partial charge < -0.3 is 9.73 Å². The summed E-state index contributed by atoms with van der Waals surface area (Å²) in [5.41, 5.74) is 1.41. The highest BCUT2D eigenvalue weighted by atomic mass is 16.4. The molecule has 1 aliphatic rings. The number of amides is 1. The lowest BCUT2D eigenvalue weighted by atomic mass is 9.85. The van der Waals surface area contributed by atoms with Crippen molar-refractivity contribution >= 4 is 5.91 Å². The number of rotatable bonds is 4. The van der Waals surface area contributed by atoms with E-state index in [0.717, 1.165) is 18.4 Å². The van der Waals surface area contributed by atoms with Crippen molar-refractivity contribution in [2.24, 2.45) is 0 Å². The molecule has 104 valence electrons. The highest BCUT2D eigenvalue weighted by molar-refractivity contribution is 5.93. The van der Waals surface area contributed by atoms with E-state index in [-0.39, 0.29) is 5.91 Å². The van der Waals surface area contributed by atoms with E-state index in [2.05, 4.69) is 15.3 Å². The van der Waals surface area contributed by atoms with Crippen LogP contribution in [0.5, 0.6) is 0 Å². The van der Waals surface area contributed by atoms with Crippen LogP contribution in [0.1, 0.15) is 52.9 Å². The van der Waals surface area contributed by atoms with Gasteiger partial charge in [-0.3, -0.25) is 9.78 Å². The molecular formula is C15H17N3O2. The predicted octanol–water partition coefficient (Wildman–Crippen LogP) is 2.58. The molecule has 0 spiro atoms. The van der Waals surface area contributed by atoms with E-state index >= 15 is 0 Å². The molecule has 2 heterocycles. The van der Waals surface area contributed by atoms with Gasteiger partial charge in [-0.25, -0.2) is 4.98 Å². The number of hydrogen-bond donors (Lipinski definition) is 1. The second kappa shape index (κ2) is 5.45. The number of oxazole rings is 1. The summed E-state index contributed by atoms with van der Waals surface area (Å²) in [4.78, 5) is 20.4. The molecule has 1 aliphatic carbocycles. The molecular weight excluding hydrogens is 254 g/mol. The molecule has 0 aliphatic heterocycles. The Morgan fingerprint density at radius 1 is 1.40 bits per heavy atom. The van der Waals surface area contributed by atoms with Gasteiger partial charge in [-0.15, -0.1) is 0 Å². The highest BCUT2D eigenvalue weighted by Gasteiger charge is 2.27. The second-order valence-electron chi connectivity index (χ2n) is 5.12. The summed E-state index contributed by atoms with van der Waals surface area (Å²) in [7, 11) is 0. The molecule has 0 aromatic carbocycles. The molecule has 2 aromatic heterocycles. The summed E-state index contributed by atoms with van der Waals surface area (Å²) in [5.74, 6) is 1.52. The van der Waals surface area contributed by atoms with Gasteiger partial charge in [0, 0.05) is 24.9 Å². The van der Waals surface area contributed by atoms with Crippen LogP contribution in [-0.2, 0) is 6.54 Å². The normalized spacial score (nSPS) is 14.8. The van der Waals surface area contributed by atoms with Crippen molar-refractivity contribution < 1.29 is 9.21 Å². The maximum absolute atomic E-state index is 12.1. The van der Waals surface area contributed by atoms with Crippen LogP contribution in [0, 0.1) is 6.92 Å². The molecule has 5 nitrogen and oxygen atoms in total. The lowest BCUT2D eigenvalue weighted by Gasteiger charge is -2.21. The third-order valence-electron chi connectivity index (χ3n) is 3.69. The Morgan fingerprint density at radius 2 is 2.15 bits per heavy atom. The Balaban J connectivity index is 1.66. The minimum atomic E-state index is -0.186. The average Bonchev–Trinajstić information content (AvgIpc) is 2.77. The van der Waals surface area contributed by atoms with Crippen molar-refractivity contribution in [2.75, 3.05) is 0 Å².